The Morgan fingerprint density at radius 3 is 2.33 bits per heavy atom. The molecule has 0 aliphatic carbocycles. The summed E-state index contributed by atoms with van der Waals surface area (Å²) in [5.41, 5.74) is 3.94. The topological polar surface area (TPSA) is 79.8 Å². The van der Waals surface area contributed by atoms with Gasteiger partial charge in [-0.25, -0.2) is 5.43 Å². The molecule has 2 aromatic rings. The van der Waals surface area contributed by atoms with Crippen LogP contribution in [0.15, 0.2) is 59.7 Å². The van der Waals surface area contributed by atoms with Gasteiger partial charge in [-0.1, -0.05) is 18.2 Å². The van der Waals surface area contributed by atoms with Crippen LogP contribution in [0.5, 0.6) is 5.75 Å². The molecule has 124 valence electrons. The molecule has 0 saturated heterocycles. The lowest BCUT2D eigenvalue weighted by Crippen LogP contribution is -2.20. The molecule has 0 spiro atoms. The highest BCUT2D eigenvalue weighted by Crippen LogP contribution is 2.09. The maximum atomic E-state index is 11.7. The van der Waals surface area contributed by atoms with E-state index in [1.165, 1.54) is 6.21 Å². The number of ether oxygens (including phenoxy) is 1. The van der Waals surface area contributed by atoms with E-state index < -0.39 is 0 Å². The van der Waals surface area contributed by atoms with Crippen molar-refractivity contribution in [3.63, 3.8) is 0 Å². The van der Waals surface area contributed by atoms with E-state index in [0.29, 0.717) is 5.69 Å². The van der Waals surface area contributed by atoms with Crippen LogP contribution >= 0.6 is 0 Å². The van der Waals surface area contributed by atoms with Crippen molar-refractivity contribution in [2.75, 3.05) is 12.4 Å². The van der Waals surface area contributed by atoms with Gasteiger partial charge in [0.05, 0.1) is 13.3 Å². The summed E-state index contributed by atoms with van der Waals surface area (Å²) in [5.74, 6) is 0.221. The van der Waals surface area contributed by atoms with Gasteiger partial charge in [0.25, 0.3) is 0 Å². The third-order valence-corrected chi connectivity index (χ3v) is 3.16. The number of carbonyl (C=O) groups is 2. The molecule has 0 aliphatic heterocycles. The molecule has 0 radical (unpaired) electrons. The number of nitrogens with one attached hydrogen (secondary N) is 2. The summed E-state index contributed by atoms with van der Waals surface area (Å²) in [4.78, 5) is 23.4. The lowest BCUT2D eigenvalue weighted by atomic mass is 10.2. The Morgan fingerprint density at radius 2 is 1.67 bits per heavy atom. The summed E-state index contributed by atoms with van der Waals surface area (Å²) in [6.45, 7) is 0. The van der Waals surface area contributed by atoms with Crippen molar-refractivity contribution in [1.29, 1.82) is 0 Å². The van der Waals surface area contributed by atoms with E-state index in [-0.39, 0.29) is 24.7 Å². The Hall–Kier alpha value is -3.15. The van der Waals surface area contributed by atoms with Crippen molar-refractivity contribution in [1.82, 2.24) is 5.43 Å². The largest absolute Gasteiger partial charge is 0.497 e. The van der Waals surface area contributed by atoms with Crippen LogP contribution in [0, 0.1) is 0 Å². The smallest absolute Gasteiger partial charge is 0.240 e. The van der Waals surface area contributed by atoms with Crippen molar-refractivity contribution in [3.05, 3.63) is 60.2 Å². The van der Waals surface area contributed by atoms with Crippen LogP contribution in [-0.2, 0) is 9.59 Å². The maximum Gasteiger partial charge on any atom is 0.240 e. The predicted octanol–water partition coefficient (Wildman–Crippen LogP) is 2.56. The summed E-state index contributed by atoms with van der Waals surface area (Å²) in [6, 6.07) is 16.3. The molecule has 0 bridgehead atoms. The monoisotopic (exact) mass is 325 g/mol. The highest BCUT2D eigenvalue weighted by atomic mass is 16.5. The fourth-order valence-corrected chi connectivity index (χ4v) is 1.90. The molecule has 2 N–H and O–H groups in total. The Balaban J connectivity index is 1.70. The summed E-state index contributed by atoms with van der Waals surface area (Å²) < 4.78 is 5.06. The zero-order valence-corrected chi connectivity index (χ0v) is 13.4. The number of rotatable bonds is 7. The highest BCUT2D eigenvalue weighted by Gasteiger charge is 2.06. The lowest BCUT2D eigenvalue weighted by Gasteiger charge is -2.04. The Morgan fingerprint density at radius 1 is 1.00 bits per heavy atom. The van der Waals surface area contributed by atoms with Crippen molar-refractivity contribution in [3.8, 4) is 5.75 Å². The summed E-state index contributed by atoms with van der Waals surface area (Å²) in [6.07, 6.45) is 1.69. The number of methoxy groups -OCH3 is 1. The van der Waals surface area contributed by atoms with E-state index in [1.807, 2.05) is 30.3 Å². The fourth-order valence-electron chi connectivity index (χ4n) is 1.90. The van der Waals surface area contributed by atoms with Crippen LogP contribution in [0.4, 0.5) is 5.69 Å². The Kier molecular flexibility index (Phi) is 6.52. The van der Waals surface area contributed by atoms with Crippen LogP contribution in [0.2, 0.25) is 0 Å². The average molecular weight is 325 g/mol. The molecule has 0 fully saturated rings. The van der Waals surface area contributed by atoms with Crippen molar-refractivity contribution < 1.29 is 14.3 Å². The standard InChI is InChI=1S/C18H19N3O3/c1-24-16-9-7-14(8-10-16)13-19-21-18(23)12-11-17(22)20-15-5-3-2-4-6-15/h2-10,13H,11-12H2,1H3,(H,20,22)(H,21,23)/b19-13+. The SMILES string of the molecule is COc1ccc(/C=N/NC(=O)CCC(=O)Nc2ccccc2)cc1. The number of hydrogen-bond acceptors (Lipinski definition) is 4. The molecular weight excluding hydrogens is 306 g/mol. The normalized spacial score (nSPS) is 10.4. The molecule has 2 amide bonds. The molecule has 24 heavy (non-hydrogen) atoms. The van der Waals surface area contributed by atoms with Crippen molar-refractivity contribution >= 4 is 23.7 Å². The molecule has 6 heteroatoms. The number of amides is 2. The fraction of sp³-hybridized carbons (Fsp3) is 0.167. The number of hydrazone groups is 1. The van der Waals surface area contributed by atoms with Gasteiger partial charge in [-0.3, -0.25) is 9.59 Å². The number of nitrogens with zero attached hydrogens (tertiary/aromatic N) is 1. The Bertz CT molecular complexity index is 697. The van der Waals surface area contributed by atoms with Crippen molar-refractivity contribution in [2.45, 2.75) is 12.8 Å². The molecule has 0 unspecified atom stereocenters. The first-order valence-electron chi connectivity index (χ1n) is 7.48. The van der Waals surface area contributed by atoms with Crippen LogP contribution in [0.1, 0.15) is 18.4 Å². The first-order chi connectivity index (χ1) is 11.7. The minimum absolute atomic E-state index is 0.0681. The van der Waals surface area contributed by atoms with Gasteiger partial charge in [0, 0.05) is 18.5 Å². The molecule has 6 nitrogen and oxygen atoms in total. The molecule has 2 rings (SSSR count). The number of benzene rings is 2. The van der Waals surface area contributed by atoms with Gasteiger partial charge in [-0.2, -0.15) is 5.10 Å². The van der Waals surface area contributed by atoms with E-state index in [1.54, 1.807) is 31.4 Å². The van der Waals surface area contributed by atoms with Crippen LogP contribution in [0.25, 0.3) is 0 Å². The number of anilines is 1. The van der Waals surface area contributed by atoms with E-state index in [4.69, 9.17) is 4.74 Å². The first kappa shape index (κ1) is 17.2. The minimum atomic E-state index is -0.317. The van der Waals surface area contributed by atoms with Crippen LogP contribution < -0.4 is 15.5 Å². The Labute approximate surface area is 140 Å². The second-order valence-corrected chi connectivity index (χ2v) is 4.98. The zero-order valence-electron chi connectivity index (χ0n) is 13.4. The third-order valence-electron chi connectivity index (χ3n) is 3.16. The second-order valence-electron chi connectivity index (χ2n) is 4.98. The quantitative estimate of drug-likeness (QED) is 0.606. The molecule has 0 aromatic heterocycles. The van der Waals surface area contributed by atoms with E-state index in [0.717, 1.165) is 11.3 Å². The highest BCUT2D eigenvalue weighted by molar-refractivity contribution is 5.93. The van der Waals surface area contributed by atoms with Gasteiger partial charge in [-0.05, 0) is 42.0 Å². The molecule has 0 saturated carbocycles. The minimum Gasteiger partial charge on any atom is -0.497 e. The summed E-state index contributed by atoms with van der Waals surface area (Å²) >= 11 is 0. The van der Waals surface area contributed by atoms with Gasteiger partial charge in [0.2, 0.25) is 11.8 Å². The van der Waals surface area contributed by atoms with E-state index in [2.05, 4.69) is 15.8 Å². The van der Waals surface area contributed by atoms with Gasteiger partial charge < -0.3 is 10.1 Å². The van der Waals surface area contributed by atoms with Gasteiger partial charge in [0.15, 0.2) is 0 Å². The number of carbonyl (C=O) groups excluding carboxylic acids is 2. The van der Waals surface area contributed by atoms with E-state index >= 15 is 0 Å². The second kappa shape index (κ2) is 9.09. The molecule has 0 heterocycles. The number of hydrogen-bond donors (Lipinski definition) is 2. The molecule has 0 atom stereocenters. The lowest BCUT2D eigenvalue weighted by molar-refractivity contribution is -0.124. The van der Waals surface area contributed by atoms with Gasteiger partial charge >= 0.3 is 0 Å². The molecule has 0 aliphatic rings. The number of para-hydroxylation sites is 1. The van der Waals surface area contributed by atoms with Crippen molar-refractivity contribution in [2.24, 2.45) is 5.10 Å². The predicted molar refractivity (Wildman–Crippen MR) is 93.0 cm³/mol. The van der Waals surface area contributed by atoms with Gasteiger partial charge in [0.1, 0.15) is 5.75 Å². The zero-order chi connectivity index (χ0) is 17.2. The summed E-state index contributed by atoms with van der Waals surface area (Å²) in [7, 11) is 1.59. The summed E-state index contributed by atoms with van der Waals surface area (Å²) in [5, 5.41) is 6.58. The van der Waals surface area contributed by atoms with Crippen LogP contribution in [-0.4, -0.2) is 25.1 Å². The maximum absolute atomic E-state index is 11.7. The third kappa shape index (κ3) is 5.92. The first-order valence-corrected chi connectivity index (χ1v) is 7.48. The van der Waals surface area contributed by atoms with Gasteiger partial charge in [-0.15, -0.1) is 0 Å². The molecule has 2 aromatic carbocycles. The van der Waals surface area contributed by atoms with Crippen LogP contribution in [0.3, 0.4) is 0 Å². The van der Waals surface area contributed by atoms with E-state index in [9.17, 15) is 9.59 Å². The average Bonchev–Trinajstić information content (AvgIpc) is 2.61. The molecular formula is C18H19N3O3.